The van der Waals surface area contributed by atoms with Crippen LogP contribution in [0, 0.1) is 21.4 Å². The Bertz CT molecular complexity index is 1040. The van der Waals surface area contributed by atoms with E-state index in [1.165, 1.54) is 11.6 Å². The van der Waals surface area contributed by atoms with Crippen molar-refractivity contribution < 1.29 is 9.55 Å². The lowest BCUT2D eigenvalue weighted by atomic mass is 10.1. The zero-order chi connectivity index (χ0) is 19.5. The maximum absolute atomic E-state index is 11.2. The molecule has 1 fully saturated rings. The molecule has 28 heavy (non-hydrogen) atoms. The Hall–Kier alpha value is -3.51. The predicted molar refractivity (Wildman–Crippen MR) is 102 cm³/mol. The Balaban J connectivity index is 1.49. The summed E-state index contributed by atoms with van der Waals surface area (Å²) < 4.78 is 4.77. The van der Waals surface area contributed by atoms with E-state index in [1.807, 2.05) is 24.3 Å². The molecule has 142 valence electrons. The Morgan fingerprint density at radius 1 is 1.07 bits per heavy atom. The number of nitro benzene ring substituents is 1. The van der Waals surface area contributed by atoms with Gasteiger partial charge < -0.3 is 4.90 Å². The number of rotatable bonds is 4. The number of hydrogen-bond donors (Lipinski definition) is 0. The Labute approximate surface area is 160 Å². The molecule has 0 aliphatic carbocycles. The van der Waals surface area contributed by atoms with Crippen LogP contribution in [0.3, 0.4) is 0 Å². The second kappa shape index (κ2) is 7.62. The first-order valence-corrected chi connectivity index (χ1v) is 9.02. The van der Waals surface area contributed by atoms with E-state index in [9.17, 15) is 10.1 Å². The fraction of sp³-hybridized carbons (Fsp3) is 0.316. The van der Waals surface area contributed by atoms with E-state index >= 15 is 0 Å². The van der Waals surface area contributed by atoms with Gasteiger partial charge in [-0.2, -0.15) is 5.26 Å². The van der Waals surface area contributed by atoms with Crippen LogP contribution < -0.4 is 4.90 Å². The van der Waals surface area contributed by atoms with Crippen molar-refractivity contribution in [2.75, 3.05) is 31.1 Å². The average molecular weight is 378 g/mol. The number of nitriles is 1. The van der Waals surface area contributed by atoms with Crippen molar-refractivity contribution in [1.82, 2.24) is 15.2 Å². The molecule has 0 atom stereocenters. The number of aromatic nitrogens is 2. The molecular formula is C19H18N6O3. The van der Waals surface area contributed by atoms with E-state index in [2.05, 4.69) is 26.2 Å². The van der Waals surface area contributed by atoms with Crippen LogP contribution in [0.4, 0.5) is 11.4 Å². The molecule has 1 aromatic heterocycles. The van der Waals surface area contributed by atoms with Gasteiger partial charge in [-0.3, -0.25) is 15.0 Å². The lowest BCUT2D eigenvalue weighted by molar-refractivity contribution is -0.383. The summed E-state index contributed by atoms with van der Waals surface area (Å²) in [7, 11) is 0. The normalized spacial score (nSPS) is 15.3. The number of nitrogens with zero attached hydrogens (tertiary/aromatic N) is 6. The van der Waals surface area contributed by atoms with Gasteiger partial charge in [-0.05, 0) is 40.5 Å². The molecule has 1 aliphatic heterocycles. The Morgan fingerprint density at radius 2 is 1.86 bits per heavy atom. The molecule has 9 heteroatoms. The molecular weight excluding hydrogens is 360 g/mol. The molecule has 2 aromatic carbocycles. The van der Waals surface area contributed by atoms with Gasteiger partial charge in [0.25, 0.3) is 0 Å². The molecule has 0 bridgehead atoms. The van der Waals surface area contributed by atoms with Crippen molar-refractivity contribution in [1.29, 1.82) is 5.26 Å². The van der Waals surface area contributed by atoms with Gasteiger partial charge in [0.05, 0.1) is 22.2 Å². The molecule has 9 nitrogen and oxygen atoms in total. The lowest BCUT2D eigenvalue weighted by Crippen LogP contribution is -2.30. The molecule has 1 saturated heterocycles. The zero-order valence-electron chi connectivity index (χ0n) is 15.1. The highest BCUT2D eigenvalue weighted by Crippen LogP contribution is 2.31. The first-order chi connectivity index (χ1) is 13.7. The number of fused-ring (bicyclic) bond motifs is 1. The summed E-state index contributed by atoms with van der Waals surface area (Å²) in [5, 5.41) is 27.7. The van der Waals surface area contributed by atoms with E-state index in [1.54, 1.807) is 6.07 Å². The third-order valence-electron chi connectivity index (χ3n) is 4.99. The Kier molecular flexibility index (Phi) is 4.87. The predicted octanol–water partition coefficient (Wildman–Crippen LogP) is 2.71. The quantitative estimate of drug-likeness (QED) is 0.503. The molecule has 3 aromatic rings. The van der Waals surface area contributed by atoms with Crippen LogP contribution in [0.15, 0.2) is 41.0 Å². The SMILES string of the molecule is N#Cc1ccc(CN2CCCN(c3ccc([N+](=O)[O-])c4nonc34)CC2)cc1. The molecule has 0 unspecified atom stereocenters. The number of anilines is 1. The largest absolute Gasteiger partial charge is 0.368 e. The summed E-state index contributed by atoms with van der Waals surface area (Å²) in [4.78, 5) is 15.2. The highest BCUT2D eigenvalue weighted by molar-refractivity contribution is 5.93. The average Bonchev–Trinajstić information content (AvgIpc) is 3.08. The minimum absolute atomic E-state index is 0.0998. The minimum Gasteiger partial charge on any atom is -0.368 e. The van der Waals surface area contributed by atoms with Crippen LogP contribution in [0.1, 0.15) is 17.5 Å². The van der Waals surface area contributed by atoms with Gasteiger partial charge in [0, 0.05) is 38.8 Å². The molecule has 4 rings (SSSR count). The van der Waals surface area contributed by atoms with Gasteiger partial charge in [-0.25, -0.2) is 4.63 Å². The van der Waals surface area contributed by atoms with E-state index in [4.69, 9.17) is 9.89 Å². The molecule has 0 saturated carbocycles. The first kappa shape index (κ1) is 17.9. The topological polar surface area (TPSA) is 112 Å². The third-order valence-corrected chi connectivity index (χ3v) is 4.99. The third kappa shape index (κ3) is 3.50. The van der Waals surface area contributed by atoms with Crippen LogP contribution in [-0.4, -0.2) is 46.3 Å². The molecule has 0 radical (unpaired) electrons. The highest BCUT2D eigenvalue weighted by atomic mass is 16.6. The van der Waals surface area contributed by atoms with E-state index in [0.717, 1.165) is 44.8 Å². The summed E-state index contributed by atoms with van der Waals surface area (Å²) in [5.41, 5.74) is 3.15. The van der Waals surface area contributed by atoms with Crippen LogP contribution in [0.25, 0.3) is 11.0 Å². The van der Waals surface area contributed by atoms with Gasteiger partial charge in [-0.1, -0.05) is 12.1 Å². The molecule has 2 heterocycles. The Morgan fingerprint density at radius 3 is 2.61 bits per heavy atom. The van der Waals surface area contributed by atoms with E-state index in [-0.39, 0.29) is 11.2 Å². The standard InChI is InChI=1S/C19H18N6O3/c20-12-14-2-4-15(5-3-14)13-23-8-1-9-24(11-10-23)16-6-7-17(25(26)27)19-18(16)21-28-22-19/h2-7H,1,8-11,13H2. The van der Waals surface area contributed by atoms with Crippen molar-refractivity contribution >= 4 is 22.4 Å². The van der Waals surface area contributed by atoms with Gasteiger partial charge in [0.15, 0.2) is 5.52 Å². The van der Waals surface area contributed by atoms with Gasteiger partial charge in [0.1, 0.15) is 0 Å². The molecule has 0 amide bonds. The molecule has 0 N–H and O–H groups in total. The van der Waals surface area contributed by atoms with Crippen molar-refractivity contribution in [2.24, 2.45) is 0 Å². The maximum atomic E-state index is 11.2. The van der Waals surface area contributed by atoms with Gasteiger partial charge in [0.2, 0.25) is 5.52 Å². The minimum atomic E-state index is -0.474. The van der Waals surface area contributed by atoms with Crippen molar-refractivity contribution in [3.63, 3.8) is 0 Å². The summed E-state index contributed by atoms with van der Waals surface area (Å²) in [6, 6.07) is 13.0. The second-order valence-corrected chi connectivity index (χ2v) is 6.75. The second-order valence-electron chi connectivity index (χ2n) is 6.75. The highest BCUT2D eigenvalue weighted by Gasteiger charge is 2.24. The van der Waals surface area contributed by atoms with Gasteiger partial charge >= 0.3 is 5.69 Å². The van der Waals surface area contributed by atoms with E-state index in [0.29, 0.717) is 11.1 Å². The molecule has 0 spiro atoms. The zero-order valence-corrected chi connectivity index (χ0v) is 15.1. The number of hydrogen-bond acceptors (Lipinski definition) is 8. The summed E-state index contributed by atoms with van der Waals surface area (Å²) in [6.07, 6.45) is 0.958. The van der Waals surface area contributed by atoms with Crippen molar-refractivity contribution in [3.8, 4) is 6.07 Å². The summed E-state index contributed by atoms with van der Waals surface area (Å²) in [5.74, 6) is 0. The first-order valence-electron chi connectivity index (χ1n) is 9.02. The number of nitro groups is 1. The summed E-state index contributed by atoms with van der Waals surface area (Å²) >= 11 is 0. The smallest absolute Gasteiger partial charge is 0.300 e. The fourth-order valence-electron chi connectivity index (χ4n) is 3.56. The van der Waals surface area contributed by atoms with Crippen LogP contribution in [-0.2, 0) is 6.54 Å². The van der Waals surface area contributed by atoms with Gasteiger partial charge in [-0.15, -0.1) is 0 Å². The number of non-ortho nitro benzene ring substituents is 1. The van der Waals surface area contributed by atoms with E-state index < -0.39 is 4.92 Å². The van der Waals surface area contributed by atoms with Crippen LogP contribution in [0.5, 0.6) is 0 Å². The maximum Gasteiger partial charge on any atom is 0.300 e. The van der Waals surface area contributed by atoms with Crippen LogP contribution >= 0.6 is 0 Å². The summed E-state index contributed by atoms with van der Waals surface area (Å²) in [6.45, 7) is 4.22. The fourth-order valence-corrected chi connectivity index (χ4v) is 3.56. The van der Waals surface area contributed by atoms with Crippen molar-refractivity contribution in [2.45, 2.75) is 13.0 Å². The van der Waals surface area contributed by atoms with Crippen molar-refractivity contribution in [3.05, 3.63) is 57.6 Å². The molecule has 1 aliphatic rings. The monoisotopic (exact) mass is 378 g/mol. The lowest BCUT2D eigenvalue weighted by Gasteiger charge is -2.23. The van der Waals surface area contributed by atoms with Crippen LogP contribution in [0.2, 0.25) is 0 Å². The number of benzene rings is 2.